The van der Waals surface area contributed by atoms with Gasteiger partial charge in [0.1, 0.15) is 0 Å². The Bertz CT molecular complexity index is 351. The van der Waals surface area contributed by atoms with Gasteiger partial charge >= 0.3 is 0 Å². The van der Waals surface area contributed by atoms with Gasteiger partial charge in [0.05, 0.1) is 5.41 Å². The lowest BCUT2D eigenvalue weighted by molar-refractivity contribution is 0.287. The smallest absolute Gasteiger partial charge is 0.233 e. The Balaban J connectivity index is 2.14. The lowest BCUT2D eigenvalue weighted by atomic mass is 9.87. The first-order valence-corrected chi connectivity index (χ1v) is 6.74. The van der Waals surface area contributed by atoms with Crippen LogP contribution >= 0.6 is 0 Å². The molecule has 0 radical (unpaired) electrons. The van der Waals surface area contributed by atoms with Gasteiger partial charge in [0, 0.05) is 12.5 Å². The van der Waals surface area contributed by atoms with E-state index in [0.717, 1.165) is 12.2 Å². The van der Waals surface area contributed by atoms with Crippen molar-refractivity contribution < 1.29 is 4.52 Å². The molecule has 1 aromatic rings. The van der Waals surface area contributed by atoms with Crippen molar-refractivity contribution in [3.63, 3.8) is 0 Å². The first kappa shape index (κ1) is 12.6. The fraction of sp³-hybridized carbons (Fsp3) is 0.846. The number of rotatable bonds is 4. The monoisotopic (exact) mass is 237 g/mol. The molecular weight excluding hydrogens is 214 g/mol. The van der Waals surface area contributed by atoms with E-state index >= 15 is 0 Å². The van der Waals surface area contributed by atoms with E-state index in [4.69, 9.17) is 10.3 Å². The maximum atomic E-state index is 5.81. The molecule has 1 atom stereocenters. The molecule has 0 bridgehead atoms. The minimum Gasteiger partial charge on any atom is -0.339 e. The van der Waals surface area contributed by atoms with Crippen LogP contribution in [0.15, 0.2) is 4.52 Å². The second kappa shape index (κ2) is 5.17. The van der Waals surface area contributed by atoms with Gasteiger partial charge in [-0.3, -0.25) is 0 Å². The fourth-order valence-corrected chi connectivity index (χ4v) is 2.39. The number of nitrogens with two attached hydrogens (primary N) is 1. The van der Waals surface area contributed by atoms with Crippen molar-refractivity contribution in [3.8, 4) is 0 Å². The van der Waals surface area contributed by atoms with Crippen molar-refractivity contribution in [2.24, 2.45) is 5.73 Å². The minimum atomic E-state index is -0.167. The summed E-state index contributed by atoms with van der Waals surface area (Å²) in [7, 11) is 0. The third-order valence-corrected chi connectivity index (χ3v) is 4.16. The van der Waals surface area contributed by atoms with Crippen LogP contribution in [0.2, 0.25) is 0 Å². The highest BCUT2D eigenvalue weighted by molar-refractivity contribution is 5.06. The maximum Gasteiger partial charge on any atom is 0.233 e. The van der Waals surface area contributed by atoms with Gasteiger partial charge in [0.25, 0.3) is 0 Å². The molecule has 17 heavy (non-hydrogen) atoms. The molecule has 1 aliphatic carbocycles. The van der Waals surface area contributed by atoms with Gasteiger partial charge in [-0.2, -0.15) is 4.98 Å². The Morgan fingerprint density at radius 3 is 2.65 bits per heavy atom. The molecule has 1 saturated carbocycles. The predicted molar refractivity (Wildman–Crippen MR) is 66.8 cm³/mol. The quantitative estimate of drug-likeness (QED) is 0.874. The molecule has 0 amide bonds. The van der Waals surface area contributed by atoms with Crippen molar-refractivity contribution in [2.75, 3.05) is 6.54 Å². The average Bonchev–Trinajstić information content (AvgIpc) is 2.89. The Labute approximate surface area is 103 Å². The Morgan fingerprint density at radius 2 is 2.06 bits per heavy atom. The topological polar surface area (TPSA) is 64.9 Å². The Morgan fingerprint density at radius 1 is 1.35 bits per heavy atom. The van der Waals surface area contributed by atoms with Crippen molar-refractivity contribution in [3.05, 3.63) is 11.7 Å². The maximum absolute atomic E-state index is 5.81. The van der Waals surface area contributed by atoms with Crippen molar-refractivity contribution in [1.82, 2.24) is 10.1 Å². The third-order valence-electron chi connectivity index (χ3n) is 4.16. The van der Waals surface area contributed by atoms with Gasteiger partial charge in [-0.25, -0.2) is 0 Å². The number of hydrogen-bond donors (Lipinski definition) is 1. The minimum absolute atomic E-state index is 0.167. The van der Waals surface area contributed by atoms with Gasteiger partial charge < -0.3 is 10.3 Å². The molecule has 0 aliphatic heterocycles. The normalized spacial score (nSPS) is 21.4. The van der Waals surface area contributed by atoms with Gasteiger partial charge in [-0.1, -0.05) is 31.3 Å². The average molecular weight is 237 g/mol. The summed E-state index contributed by atoms with van der Waals surface area (Å²) in [5.74, 6) is 2.11. The molecule has 96 valence electrons. The first-order valence-electron chi connectivity index (χ1n) is 6.74. The third kappa shape index (κ3) is 2.51. The summed E-state index contributed by atoms with van der Waals surface area (Å²) in [4.78, 5) is 4.59. The molecule has 4 heteroatoms. The van der Waals surface area contributed by atoms with Crippen LogP contribution in [-0.4, -0.2) is 16.7 Å². The molecule has 1 heterocycles. The van der Waals surface area contributed by atoms with E-state index < -0.39 is 0 Å². The summed E-state index contributed by atoms with van der Waals surface area (Å²) in [5, 5.41) is 4.16. The Hall–Kier alpha value is -0.900. The number of aromatic nitrogens is 2. The summed E-state index contributed by atoms with van der Waals surface area (Å²) in [6.07, 6.45) is 7.24. The van der Waals surface area contributed by atoms with E-state index in [1.54, 1.807) is 0 Å². The first-order chi connectivity index (χ1) is 8.19. The zero-order chi connectivity index (χ0) is 12.3. The van der Waals surface area contributed by atoms with E-state index in [2.05, 4.69) is 24.0 Å². The molecule has 1 aromatic heterocycles. The van der Waals surface area contributed by atoms with Crippen molar-refractivity contribution in [2.45, 2.75) is 63.7 Å². The zero-order valence-electron chi connectivity index (χ0n) is 10.9. The van der Waals surface area contributed by atoms with Crippen LogP contribution in [0.5, 0.6) is 0 Å². The largest absolute Gasteiger partial charge is 0.339 e. The van der Waals surface area contributed by atoms with E-state index in [-0.39, 0.29) is 5.41 Å². The van der Waals surface area contributed by atoms with Crippen LogP contribution in [0.25, 0.3) is 0 Å². The molecule has 1 fully saturated rings. The second-order valence-electron chi connectivity index (χ2n) is 5.41. The molecule has 1 unspecified atom stereocenters. The van der Waals surface area contributed by atoms with Crippen LogP contribution in [0.1, 0.15) is 70.0 Å². The molecule has 2 rings (SSSR count). The van der Waals surface area contributed by atoms with Crippen LogP contribution in [-0.2, 0) is 5.41 Å². The standard InChI is InChI=1S/C13H23N3O/c1-3-13(2,9-14)12-15-11(16-17-12)10-7-5-4-6-8-10/h10H,3-9,14H2,1-2H3. The molecule has 0 spiro atoms. The second-order valence-corrected chi connectivity index (χ2v) is 5.41. The summed E-state index contributed by atoms with van der Waals surface area (Å²) in [6, 6.07) is 0. The highest BCUT2D eigenvalue weighted by Gasteiger charge is 2.31. The van der Waals surface area contributed by atoms with E-state index in [9.17, 15) is 0 Å². The lowest BCUT2D eigenvalue weighted by Crippen LogP contribution is -2.31. The Kier molecular flexibility index (Phi) is 3.82. The highest BCUT2D eigenvalue weighted by Crippen LogP contribution is 2.32. The summed E-state index contributed by atoms with van der Waals surface area (Å²) >= 11 is 0. The van der Waals surface area contributed by atoms with E-state index in [1.807, 2.05) is 0 Å². The molecule has 4 nitrogen and oxygen atoms in total. The van der Waals surface area contributed by atoms with Crippen LogP contribution in [0.3, 0.4) is 0 Å². The van der Waals surface area contributed by atoms with Gasteiger partial charge in [-0.15, -0.1) is 0 Å². The molecule has 0 aromatic carbocycles. The SMILES string of the molecule is CCC(C)(CN)c1nc(C2CCCCC2)no1. The molecule has 2 N–H and O–H groups in total. The summed E-state index contributed by atoms with van der Waals surface area (Å²) in [6.45, 7) is 4.75. The highest BCUT2D eigenvalue weighted by atomic mass is 16.5. The molecule has 1 aliphatic rings. The summed E-state index contributed by atoms with van der Waals surface area (Å²) in [5.41, 5.74) is 5.64. The molecule has 0 saturated heterocycles. The van der Waals surface area contributed by atoms with E-state index in [1.165, 1.54) is 32.1 Å². The van der Waals surface area contributed by atoms with Gasteiger partial charge in [0.2, 0.25) is 5.89 Å². The van der Waals surface area contributed by atoms with Crippen LogP contribution in [0, 0.1) is 0 Å². The van der Waals surface area contributed by atoms with Crippen molar-refractivity contribution in [1.29, 1.82) is 0 Å². The predicted octanol–water partition coefficient (Wildman–Crippen LogP) is 2.74. The zero-order valence-corrected chi connectivity index (χ0v) is 10.9. The van der Waals surface area contributed by atoms with E-state index in [0.29, 0.717) is 18.4 Å². The van der Waals surface area contributed by atoms with Crippen molar-refractivity contribution >= 4 is 0 Å². The van der Waals surface area contributed by atoms with Crippen LogP contribution in [0.4, 0.5) is 0 Å². The van der Waals surface area contributed by atoms with Crippen LogP contribution < -0.4 is 5.73 Å². The lowest BCUT2D eigenvalue weighted by Gasteiger charge is -2.21. The van der Waals surface area contributed by atoms with Gasteiger partial charge in [-0.05, 0) is 26.2 Å². The van der Waals surface area contributed by atoms with Gasteiger partial charge in [0.15, 0.2) is 5.82 Å². The fourth-order valence-electron chi connectivity index (χ4n) is 2.39. The summed E-state index contributed by atoms with van der Waals surface area (Å²) < 4.78 is 5.42. The number of nitrogens with zero attached hydrogens (tertiary/aromatic N) is 2. The molecular formula is C13H23N3O. The number of hydrogen-bond acceptors (Lipinski definition) is 4.